The Morgan fingerprint density at radius 3 is 2.32 bits per heavy atom. The van der Waals surface area contributed by atoms with Crippen LogP contribution in [0.5, 0.6) is 11.5 Å². The minimum absolute atomic E-state index is 0.216. The first-order valence-electron chi connectivity index (χ1n) is 8.86. The number of hydrogen-bond donors (Lipinski definition) is 1. The average Bonchev–Trinajstić information content (AvgIpc) is 3.09. The molecule has 4 aromatic rings. The molecule has 0 bridgehead atoms. The van der Waals surface area contributed by atoms with Crippen molar-refractivity contribution in [3.05, 3.63) is 95.4 Å². The van der Waals surface area contributed by atoms with E-state index in [1.807, 2.05) is 73.7 Å². The summed E-state index contributed by atoms with van der Waals surface area (Å²) < 4.78 is 5.81. The predicted octanol–water partition coefficient (Wildman–Crippen LogP) is 6.16. The molecule has 3 aromatic carbocycles. The molecule has 1 amide bonds. The number of aryl methyl sites for hydroxylation is 1. The fraction of sp³-hybridized carbons (Fsp3) is 0.0435. The number of carbonyl (C=O) groups excluding carboxylic acids is 1. The van der Waals surface area contributed by atoms with Gasteiger partial charge < -0.3 is 4.74 Å². The van der Waals surface area contributed by atoms with E-state index in [-0.39, 0.29) is 5.91 Å². The van der Waals surface area contributed by atoms with Gasteiger partial charge in [0, 0.05) is 16.0 Å². The second kappa shape index (κ2) is 8.06. The zero-order valence-corrected chi connectivity index (χ0v) is 16.1. The van der Waals surface area contributed by atoms with Crippen LogP contribution in [0.2, 0.25) is 0 Å². The van der Waals surface area contributed by atoms with Crippen molar-refractivity contribution in [2.45, 2.75) is 6.92 Å². The van der Waals surface area contributed by atoms with E-state index in [1.165, 1.54) is 11.3 Å². The molecule has 0 aliphatic heterocycles. The Balaban J connectivity index is 1.51. The molecular formula is C23H18N2O2S. The molecule has 4 nitrogen and oxygen atoms in total. The highest BCUT2D eigenvalue weighted by Gasteiger charge is 2.13. The van der Waals surface area contributed by atoms with Gasteiger partial charge in [-0.1, -0.05) is 54.6 Å². The molecule has 28 heavy (non-hydrogen) atoms. The summed E-state index contributed by atoms with van der Waals surface area (Å²) in [4.78, 5) is 18.3. The van der Waals surface area contributed by atoms with Crippen molar-refractivity contribution >= 4 is 22.4 Å². The number of nitrogens with zero attached hydrogens (tertiary/aromatic N) is 1. The van der Waals surface area contributed by atoms with Crippen LogP contribution in [0.25, 0.3) is 11.3 Å². The van der Waals surface area contributed by atoms with Gasteiger partial charge in [-0.25, -0.2) is 4.98 Å². The van der Waals surface area contributed by atoms with Crippen molar-refractivity contribution in [1.82, 2.24) is 4.98 Å². The summed E-state index contributed by atoms with van der Waals surface area (Å²) in [5.41, 5.74) is 2.44. The lowest BCUT2D eigenvalue weighted by atomic mass is 10.1. The largest absolute Gasteiger partial charge is 0.457 e. The van der Waals surface area contributed by atoms with Crippen LogP contribution in [0.3, 0.4) is 0 Å². The van der Waals surface area contributed by atoms with E-state index < -0.39 is 0 Å². The van der Waals surface area contributed by atoms with E-state index in [0.29, 0.717) is 16.4 Å². The molecule has 5 heteroatoms. The molecule has 0 spiro atoms. The van der Waals surface area contributed by atoms with E-state index in [2.05, 4.69) is 10.3 Å². The number of nitrogens with one attached hydrogen (secondary N) is 1. The number of thiazole rings is 1. The molecule has 1 aromatic heterocycles. The summed E-state index contributed by atoms with van der Waals surface area (Å²) >= 11 is 1.46. The third kappa shape index (κ3) is 4.10. The Labute approximate surface area is 167 Å². The maximum atomic E-state index is 12.7. The summed E-state index contributed by atoms with van der Waals surface area (Å²) in [5.74, 6) is 1.12. The third-order valence-corrected chi connectivity index (χ3v) is 5.03. The molecule has 0 atom stereocenters. The standard InChI is InChI=1S/C23H18N2O2S/c1-16-21(17-9-4-2-5-10-17)24-23(28-16)25-22(26)18-11-8-14-20(15-18)27-19-12-6-3-7-13-19/h2-15H,1H3,(H,24,25,26). The van der Waals surface area contributed by atoms with Gasteiger partial charge in [0.2, 0.25) is 0 Å². The molecule has 0 unspecified atom stereocenters. The molecule has 138 valence electrons. The molecule has 0 aliphatic carbocycles. The van der Waals surface area contributed by atoms with Crippen molar-refractivity contribution in [3.63, 3.8) is 0 Å². The summed E-state index contributed by atoms with van der Waals surface area (Å²) in [5, 5.41) is 3.47. The molecule has 0 saturated carbocycles. The molecular weight excluding hydrogens is 368 g/mol. The quantitative estimate of drug-likeness (QED) is 0.447. The van der Waals surface area contributed by atoms with Crippen LogP contribution >= 0.6 is 11.3 Å². The number of hydrogen-bond acceptors (Lipinski definition) is 4. The molecule has 0 saturated heterocycles. The first-order chi connectivity index (χ1) is 13.7. The maximum absolute atomic E-state index is 12.7. The van der Waals surface area contributed by atoms with Gasteiger partial charge in [-0.3, -0.25) is 10.1 Å². The van der Waals surface area contributed by atoms with Crippen LogP contribution in [0.15, 0.2) is 84.9 Å². The monoisotopic (exact) mass is 386 g/mol. The summed E-state index contributed by atoms with van der Waals surface area (Å²) in [7, 11) is 0. The molecule has 4 rings (SSSR count). The highest BCUT2D eigenvalue weighted by Crippen LogP contribution is 2.30. The second-order valence-corrected chi connectivity index (χ2v) is 7.39. The van der Waals surface area contributed by atoms with Crippen molar-refractivity contribution in [1.29, 1.82) is 0 Å². The molecule has 1 N–H and O–H groups in total. The average molecular weight is 386 g/mol. The topological polar surface area (TPSA) is 51.2 Å². The lowest BCUT2D eigenvalue weighted by Crippen LogP contribution is -2.11. The number of aromatic nitrogens is 1. The van der Waals surface area contributed by atoms with E-state index in [0.717, 1.165) is 21.9 Å². The summed E-state index contributed by atoms with van der Waals surface area (Å²) in [6.45, 7) is 2.00. The number of para-hydroxylation sites is 1. The Kier molecular flexibility index (Phi) is 5.17. The number of rotatable bonds is 5. The van der Waals surface area contributed by atoms with E-state index in [9.17, 15) is 4.79 Å². The van der Waals surface area contributed by atoms with Gasteiger partial charge in [-0.15, -0.1) is 11.3 Å². The Bertz CT molecular complexity index is 1090. The molecule has 0 aliphatic rings. The first-order valence-corrected chi connectivity index (χ1v) is 9.68. The Hall–Kier alpha value is -3.44. The maximum Gasteiger partial charge on any atom is 0.257 e. The van der Waals surface area contributed by atoms with Gasteiger partial charge in [-0.05, 0) is 37.3 Å². The van der Waals surface area contributed by atoms with Crippen LogP contribution in [0.1, 0.15) is 15.2 Å². The zero-order chi connectivity index (χ0) is 19.3. The summed E-state index contributed by atoms with van der Waals surface area (Å²) in [6.07, 6.45) is 0. The van der Waals surface area contributed by atoms with Crippen molar-refractivity contribution in [2.75, 3.05) is 5.32 Å². The molecule has 1 heterocycles. The number of benzene rings is 3. The van der Waals surface area contributed by atoms with Gasteiger partial charge >= 0.3 is 0 Å². The van der Waals surface area contributed by atoms with Gasteiger partial charge in [0.1, 0.15) is 11.5 Å². The van der Waals surface area contributed by atoms with E-state index in [1.54, 1.807) is 18.2 Å². The smallest absolute Gasteiger partial charge is 0.257 e. The van der Waals surface area contributed by atoms with Crippen LogP contribution in [0, 0.1) is 6.92 Å². The van der Waals surface area contributed by atoms with Crippen molar-refractivity contribution < 1.29 is 9.53 Å². The molecule has 0 fully saturated rings. The van der Waals surface area contributed by atoms with Crippen LogP contribution < -0.4 is 10.1 Å². The summed E-state index contributed by atoms with van der Waals surface area (Å²) in [6, 6.07) is 26.5. The number of carbonyl (C=O) groups is 1. The van der Waals surface area contributed by atoms with E-state index in [4.69, 9.17) is 4.74 Å². The van der Waals surface area contributed by atoms with Crippen LogP contribution in [0.4, 0.5) is 5.13 Å². The normalized spacial score (nSPS) is 10.5. The van der Waals surface area contributed by atoms with Gasteiger partial charge in [-0.2, -0.15) is 0 Å². The van der Waals surface area contributed by atoms with Gasteiger partial charge in [0.05, 0.1) is 5.69 Å². The lowest BCUT2D eigenvalue weighted by molar-refractivity contribution is 0.102. The van der Waals surface area contributed by atoms with Crippen molar-refractivity contribution in [2.24, 2.45) is 0 Å². The van der Waals surface area contributed by atoms with Crippen molar-refractivity contribution in [3.8, 4) is 22.8 Å². The number of ether oxygens (including phenoxy) is 1. The van der Waals surface area contributed by atoms with Gasteiger partial charge in [0.15, 0.2) is 5.13 Å². The van der Waals surface area contributed by atoms with Gasteiger partial charge in [0.25, 0.3) is 5.91 Å². The highest BCUT2D eigenvalue weighted by atomic mass is 32.1. The second-order valence-electron chi connectivity index (χ2n) is 6.19. The lowest BCUT2D eigenvalue weighted by Gasteiger charge is -2.07. The van der Waals surface area contributed by atoms with Crippen LogP contribution in [-0.2, 0) is 0 Å². The highest BCUT2D eigenvalue weighted by molar-refractivity contribution is 7.16. The number of amides is 1. The van der Waals surface area contributed by atoms with Crippen LogP contribution in [-0.4, -0.2) is 10.9 Å². The number of anilines is 1. The fourth-order valence-corrected chi connectivity index (χ4v) is 3.64. The fourth-order valence-electron chi connectivity index (χ4n) is 2.81. The third-order valence-electron chi connectivity index (χ3n) is 4.14. The SMILES string of the molecule is Cc1sc(NC(=O)c2cccc(Oc3ccccc3)c2)nc1-c1ccccc1. The minimum atomic E-state index is -0.216. The Morgan fingerprint density at radius 1 is 0.893 bits per heavy atom. The molecule has 0 radical (unpaired) electrons. The first kappa shape index (κ1) is 17.9. The minimum Gasteiger partial charge on any atom is -0.457 e. The predicted molar refractivity (Wildman–Crippen MR) is 113 cm³/mol. The zero-order valence-electron chi connectivity index (χ0n) is 15.3. The Morgan fingerprint density at radius 2 is 1.57 bits per heavy atom. The van der Waals surface area contributed by atoms with E-state index >= 15 is 0 Å².